The molecule has 5 heteroatoms. The summed E-state index contributed by atoms with van der Waals surface area (Å²) in [4.78, 5) is 8.60. The number of rotatable bonds is 4. The van der Waals surface area contributed by atoms with E-state index in [0.29, 0.717) is 5.92 Å². The summed E-state index contributed by atoms with van der Waals surface area (Å²) in [5.74, 6) is 1.31. The van der Waals surface area contributed by atoms with Gasteiger partial charge in [0.15, 0.2) is 0 Å². The van der Waals surface area contributed by atoms with E-state index in [4.69, 9.17) is 0 Å². The van der Waals surface area contributed by atoms with Crippen LogP contribution in [0.15, 0.2) is 29.0 Å². The monoisotopic (exact) mass is 321 g/mol. The second-order valence-corrected chi connectivity index (χ2v) is 6.27. The Kier molecular flexibility index (Phi) is 3.19. The Hall–Kier alpha value is -1.20. The third-order valence-electron chi connectivity index (χ3n) is 3.81. The first-order valence-corrected chi connectivity index (χ1v) is 7.21. The molecule has 0 spiro atoms. The molecule has 1 aliphatic rings. The highest BCUT2D eigenvalue weighted by Gasteiger charge is 2.41. The minimum absolute atomic E-state index is 0.108. The molecule has 1 unspecified atom stereocenters. The lowest BCUT2D eigenvalue weighted by Gasteiger charge is -2.29. The number of fused-ring (bicyclic) bond motifs is 1. The molecule has 1 aromatic carbocycles. The van der Waals surface area contributed by atoms with Crippen LogP contribution in [0, 0.1) is 5.92 Å². The molecule has 19 heavy (non-hydrogen) atoms. The van der Waals surface area contributed by atoms with E-state index in [-0.39, 0.29) is 12.1 Å². The molecule has 100 valence electrons. The van der Waals surface area contributed by atoms with E-state index in [0.717, 1.165) is 34.0 Å². The van der Waals surface area contributed by atoms with Gasteiger partial charge in [-0.1, -0.05) is 15.9 Å². The number of hydrogen-bond acceptors (Lipinski definition) is 4. The summed E-state index contributed by atoms with van der Waals surface area (Å²) in [6, 6.07) is 5.92. The second-order valence-electron chi connectivity index (χ2n) is 5.36. The molecule has 0 amide bonds. The molecule has 1 heterocycles. The van der Waals surface area contributed by atoms with Gasteiger partial charge in [-0.05, 0) is 43.9 Å². The Labute approximate surface area is 120 Å². The Balaban J connectivity index is 2.02. The van der Waals surface area contributed by atoms with E-state index in [1.807, 2.05) is 18.2 Å². The van der Waals surface area contributed by atoms with Crippen LogP contribution in [0.3, 0.4) is 0 Å². The molecule has 0 bridgehead atoms. The van der Waals surface area contributed by atoms with Crippen LogP contribution in [0.1, 0.15) is 19.8 Å². The number of anilines is 1. The van der Waals surface area contributed by atoms with Crippen molar-refractivity contribution in [1.82, 2.24) is 9.97 Å². The number of aliphatic hydroxyl groups excluding tert-OH is 1. The maximum Gasteiger partial charge on any atom is 0.137 e. The number of halogens is 1. The lowest BCUT2D eigenvalue weighted by molar-refractivity contribution is 0.206. The molecule has 0 radical (unpaired) electrons. The fraction of sp³-hybridized carbons (Fsp3) is 0.429. The summed E-state index contributed by atoms with van der Waals surface area (Å²) < 4.78 is 0.995. The number of nitrogens with one attached hydrogen (secondary N) is 1. The number of aliphatic hydroxyl groups is 1. The highest BCUT2D eigenvalue weighted by atomic mass is 79.9. The predicted octanol–water partition coefficient (Wildman–Crippen LogP) is 2.97. The van der Waals surface area contributed by atoms with Gasteiger partial charge in [-0.2, -0.15) is 0 Å². The van der Waals surface area contributed by atoms with Crippen molar-refractivity contribution in [2.45, 2.75) is 25.3 Å². The molecule has 1 saturated carbocycles. The molecular weight excluding hydrogens is 306 g/mol. The first-order chi connectivity index (χ1) is 9.12. The zero-order valence-electron chi connectivity index (χ0n) is 10.7. The van der Waals surface area contributed by atoms with Crippen molar-refractivity contribution in [1.29, 1.82) is 0 Å². The maximum atomic E-state index is 9.67. The maximum absolute atomic E-state index is 9.67. The molecule has 3 rings (SSSR count). The van der Waals surface area contributed by atoms with Crippen LogP contribution in [0.25, 0.3) is 10.9 Å². The summed E-state index contributed by atoms with van der Waals surface area (Å²) in [6.45, 7) is 2.16. The van der Waals surface area contributed by atoms with Gasteiger partial charge in [0, 0.05) is 9.86 Å². The van der Waals surface area contributed by atoms with Gasteiger partial charge >= 0.3 is 0 Å². The summed E-state index contributed by atoms with van der Waals surface area (Å²) in [6.07, 6.45) is 3.89. The lowest BCUT2D eigenvalue weighted by atomic mass is 9.97. The van der Waals surface area contributed by atoms with Crippen molar-refractivity contribution in [2.75, 3.05) is 11.9 Å². The normalized spacial score (nSPS) is 18.3. The van der Waals surface area contributed by atoms with Crippen LogP contribution >= 0.6 is 15.9 Å². The molecule has 0 saturated heterocycles. The molecule has 1 aliphatic carbocycles. The average Bonchev–Trinajstić information content (AvgIpc) is 3.24. The molecule has 0 aliphatic heterocycles. The van der Waals surface area contributed by atoms with E-state index in [9.17, 15) is 5.11 Å². The zero-order chi connectivity index (χ0) is 13.5. The fourth-order valence-electron chi connectivity index (χ4n) is 2.39. The summed E-state index contributed by atoms with van der Waals surface area (Å²) in [5, 5.41) is 14.1. The number of benzene rings is 1. The largest absolute Gasteiger partial charge is 0.394 e. The van der Waals surface area contributed by atoms with Gasteiger partial charge in [-0.25, -0.2) is 9.97 Å². The Morgan fingerprint density at radius 1 is 1.42 bits per heavy atom. The Morgan fingerprint density at radius 3 is 2.89 bits per heavy atom. The first kappa shape index (κ1) is 12.8. The highest BCUT2D eigenvalue weighted by Crippen LogP contribution is 2.41. The van der Waals surface area contributed by atoms with E-state index >= 15 is 0 Å². The minimum atomic E-state index is -0.302. The van der Waals surface area contributed by atoms with Gasteiger partial charge in [0.2, 0.25) is 0 Å². The zero-order valence-corrected chi connectivity index (χ0v) is 12.3. The van der Waals surface area contributed by atoms with Crippen molar-refractivity contribution in [2.24, 2.45) is 5.92 Å². The molecule has 2 N–H and O–H groups in total. The number of nitrogens with zero attached hydrogens (tertiary/aromatic N) is 2. The van der Waals surface area contributed by atoms with Crippen molar-refractivity contribution in [3.8, 4) is 0 Å². The second kappa shape index (κ2) is 4.72. The molecule has 2 aromatic rings. The minimum Gasteiger partial charge on any atom is -0.394 e. The van der Waals surface area contributed by atoms with Crippen molar-refractivity contribution >= 4 is 32.7 Å². The van der Waals surface area contributed by atoms with Crippen molar-refractivity contribution in [3.05, 3.63) is 29.0 Å². The van der Waals surface area contributed by atoms with Gasteiger partial charge in [-0.3, -0.25) is 0 Å². The predicted molar refractivity (Wildman–Crippen MR) is 79.1 cm³/mol. The first-order valence-electron chi connectivity index (χ1n) is 6.42. The molecule has 1 atom stereocenters. The molecular formula is C14H16BrN3O. The Bertz CT molecular complexity index is 615. The van der Waals surface area contributed by atoms with Crippen LogP contribution in [0.5, 0.6) is 0 Å². The van der Waals surface area contributed by atoms with Gasteiger partial charge < -0.3 is 10.4 Å². The van der Waals surface area contributed by atoms with Crippen molar-refractivity contribution < 1.29 is 5.11 Å². The lowest BCUT2D eigenvalue weighted by Crippen LogP contribution is -2.41. The van der Waals surface area contributed by atoms with Gasteiger partial charge in [0.1, 0.15) is 12.1 Å². The van der Waals surface area contributed by atoms with E-state index in [1.165, 1.54) is 0 Å². The topological polar surface area (TPSA) is 58.0 Å². The van der Waals surface area contributed by atoms with Crippen LogP contribution in [-0.4, -0.2) is 27.2 Å². The number of hydrogen-bond donors (Lipinski definition) is 2. The summed E-state index contributed by atoms with van der Waals surface area (Å²) in [5.41, 5.74) is 0.598. The van der Waals surface area contributed by atoms with E-state index in [2.05, 4.69) is 38.1 Å². The number of aromatic nitrogens is 2. The molecule has 4 nitrogen and oxygen atoms in total. The third kappa shape index (κ3) is 2.44. The van der Waals surface area contributed by atoms with Gasteiger partial charge in [0.25, 0.3) is 0 Å². The van der Waals surface area contributed by atoms with Crippen LogP contribution in [0.4, 0.5) is 5.82 Å². The summed E-state index contributed by atoms with van der Waals surface area (Å²) >= 11 is 3.47. The smallest absolute Gasteiger partial charge is 0.137 e. The SMILES string of the molecule is CC(CO)(Nc1ncnc2ccc(Br)cc12)C1CC1. The third-order valence-corrected chi connectivity index (χ3v) is 4.30. The van der Waals surface area contributed by atoms with Gasteiger partial charge in [-0.15, -0.1) is 0 Å². The van der Waals surface area contributed by atoms with E-state index < -0.39 is 0 Å². The van der Waals surface area contributed by atoms with Crippen molar-refractivity contribution in [3.63, 3.8) is 0 Å². The van der Waals surface area contributed by atoms with Crippen LogP contribution in [-0.2, 0) is 0 Å². The van der Waals surface area contributed by atoms with Crippen LogP contribution in [0.2, 0.25) is 0 Å². The quantitative estimate of drug-likeness (QED) is 0.909. The molecule has 1 aromatic heterocycles. The van der Waals surface area contributed by atoms with Crippen LogP contribution < -0.4 is 5.32 Å². The van der Waals surface area contributed by atoms with E-state index in [1.54, 1.807) is 6.33 Å². The van der Waals surface area contributed by atoms with Gasteiger partial charge in [0.05, 0.1) is 17.7 Å². The average molecular weight is 322 g/mol. The fourth-order valence-corrected chi connectivity index (χ4v) is 2.75. The molecule has 1 fully saturated rings. The standard InChI is InChI=1S/C14H16BrN3O/c1-14(7-19,9-2-3-9)18-13-11-6-10(15)4-5-12(11)16-8-17-13/h4-6,8-9,19H,2-3,7H2,1H3,(H,16,17,18). The summed E-state index contributed by atoms with van der Waals surface area (Å²) in [7, 11) is 0. The highest BCUT2D eigenvalue weighted by molar-refractivity contribution is 9.10. The Morgan fingerprint density at radius 2 is 2.21 bits per heavy atom.